The van der Waals surface area contributed by atoms with Crippen LogP contribution < -0.4 is 10.5 Å². The number of benzene rings is 2. The standard InChI is InChI=1S/C18H17NO3/c19-8-7-15-14-4-2-1-3-13(14)11-22-17-6-5-12(9-16(15)17)10-18(20)21/h1-7,9H,8,10-11,19H2,(H,20,21)/b15-7+. The summed E-state index contributed by atoms with van der Waals surface area (Å²) in [4.78, 5) is 10.9. The first kappa shape index (κ1) is 14.4. The minimum absolute atomic E-state index is 0.00910. The molecule has 0 amide bonds. The third-order valence-electron chi connectivity index (χ3n) is 3.70. The molecule has 1 heterocycles. The molecule has 1 aliphatic heterocycles. The summed E-state index contributed by atoms with van der Waals surface area (Å²) in [6.07, 6.45) is 1.95. The van der Waals surface area contributed by atoms with Gasteiger partial charge < -0.3 is 15.6 Å². The lowest BCUT2D eigenvalue weighted by Gasteiger charge is -2.11. The van der Waals surface area contributed by atoms with Crippen molar-refractivity contribution >= 4 is 11.5 Å². The lowest BCUT2D eigenvalue weighted by molar-refractivity contribution is -0.136. The fraction of sp³-hybridized carbons (Fsp3) is 0.167. The molecule has 0 bridgehead atoms. The van der Waals surface area contributed by atoms with Crippen molar-refractivity contribution in [3.63, 3.8) is 0 Å². The molecule has 0 aromatic heterocycles. The summed E-state index contributed by atoms with van der Waals surface area (Å²) in [5.41, 5.74) is 10.6. The van der Waals surface area contributed by atoms with E-state index in [2.05, 4.69) is 0 Å². The molecule has 3 N–H and O–H groups in total. The highest BCUT2D eigenvalue weighted by molar-refractivity contribution is 5.85. The van der Waals surface area contributed by atoms with E-state index in [-0.39, 0.29) is 6.42 Å². The Balaban J connectivity index is 2.16. The second-order valence-electron chi connectivity index (χ2n) is 5.20. The van der Waals surface area contributed by atoms with Gasteiger partial charge in [-0.1, -0.05) is 36.4 Å². The predicted molar refractivity (Wildman–Crippen MR) is 84.7 cm³/mol. The van der Waals surface area contributed by atoms with E-state index >= 15 is 0 Å². The molecular weight excluding hydrogens is 278 g/mol. The molecule has 4 nitrogen and oxygen atoms in total. The Morgan fingerprint density at radius 3 is 2.82 bits per heavy atom. The van der Waals surface area contributed by atoms with Crippen LogP contribution in [0.5, 0.6) is 5.75 Å². The van der Waals surface area contributed by atoms with Crippen LogP contribution in [0.1, 0.15) is 22.3 Å². The van der Waals surface area contributed by atoms with Crippen LogP contribution in [0.2, 0.25) is 0 Å². The van der Waals surface area contributed by atoms with Crippen molar-refractivity contribution in [1.29, 1.82) is 0 Å². The summed E-state index contributed by atoms with van der Waals surface area (Å²) >= 11 is 0. The maximum atomic E-state index is 10.9. The third-order valence-corrected chi connectivity index (χ3v) is 3.70. The number of carboxylic acid groups (broad SMARTS) is 1. The molecule has 0 aliphatic carbocycles. The number of rotatable bonds is 3. The number of fused-ring (bicyclic) bond motifs is 2. The number of hydrogen-bond acceptors (Lipinski definition) is 3. The summed E-state index contributed by atoms with van der Waals surface area (Å²) in [6, 6.07) is 13.5. The van der Waals surface area contributed by atoms with Gasteiger partial charge >= 0.3 is 5.97 Å². The normalized spacial score (nSPS) is 14.7. The number of ether oxygens (including phenoxy) is 1. The first-order valence-electron chi connectivity index (χ1n) is 7.15. The Morgan fingerprint density at radius 1 is 1.23 bits per heavy atom. The number of hydrogen-bond donors (Lipinski definition) is 2. The smallest absolute Gasteiger partial charge is 0.307 e. The topological polar surface area (TPSA) is 72.5 Å². The quantitative estimate of drug-likeness (QED) is 0.913. The van der Waals surface area contributed by atoms with Gasteiger partial charge in [0.25, 0.3) is 0 Å². The minimum Gasteiger partial charge on any atom is -0.488 e. The molecule has 3 rings (SSSR count). The average molecular weight is 295 g/mol. The summed E-state index contributed by atoms with van der Waals surface area (Å²) in [5.74, 6) is -0.0933. The van der Waals surface area contributed by atoms with E-state index in [1.54, 1.807) is 6.07 Å². The molecule has 0 spiro atoms. The zero-order valence-electron chi connectivity index (χ0n) is 12.1. The third kappa shape index (κ3) is 2.73. The van der Waals surface area contributed by atoms with Crippen molar-refractivity contribution in [3.05, 3.63) is 70.8 Å². The van der Waals surface area contributed by atoms with E-state index in [4.69, 9.17) is 15.6 Å². The molecule has 4 heteroatoms. The Kier molecular flexibility index (Phi) is 3.94. The highest BCUT2D eigenvalue weighted by Gasteiger charge is 2.19. The molecule has 0 radical (unpaired) electrons. The van der Waals surface area contributed by atoms with Gasteiger partial charge in [-0.05, 0) is 34.4 Å². The van der Waals surface area contributed by atoms with Crippen LogP contribution in [0.25, 0.3) is 5.57 Å². The zero-order chi connectivity index (χ0) is 15.5. The molecule has 2 aromatic rings. The summed E-state index contributed by atoms with van der Waals surface area (Å²) in [7, 11) is 0. The van der Waals surface area contributed by atoms with E-state index in [9.17, 15) is 4.79 Å². The Hall–Kier alpha value is -2.59. The van der Waals surface area contributed by atoms with Crippen molar-refractivity contribution < 1.29 is 14.6 Å². The van der Waals surface area contributed by atoms with Gasteiger partial charge in [-0.2, -0.15) is 0 Å². The van der Waals surface area contributed by atoms with Crippen molar-refractivity contribution in [3.8, 4) is 5.75 Å². The molecular formula is C18H17NO3. The molecule has 0 unspecified atom stereocenters. The number of nitrogens with two attached hydrogens (primary N) is 1. The second-order valence-corrected chi connectivity index (χ2v) is 5.20. The molecule has 22 heavy (non-hydrogen) atoms. The van der Waals surface area contributed by atoms with Crippen LogP contribution in [-0.4, -0.2) is 17.6 Å². The zero-order valence-corrected chi connectivity index (χ0v) is 12.1. The van der Waals surface area contributed by atoms with E-state index in [0.717, 1.165) is 33.6 Å². The van der Waals surface area contributed by atoms with Gasteiger partial charge in [0.15, 0.2) is 0 Å². The van der Waals surface area contributed by atoms with Crippen molar-refractivity contribution in [2.75, 3.05) is 6.54 Å². The Morgan fingerprint density at radius 2 is 2.05 bits per heavy atom. The minimum atomic E-state index is -0.848. The fourth-order valence-electron chi connectivity index (χ4n) is 2.75. The molecule has 112 valence electrons. The van der Waals surface area contributed by atoms with Crippen LogP contribution >= 0.6 is 0 Å². The maximum absolute atomic E-state index is 10.9. The van der Waals surface area contributed by atoms with Crippen LogP contribution in [-0.2, 0) is 17.8 Å². The van der Waals surface area contributed by atoms with E-state index in [1.807, 2.05) is 42.5 Å². The van der Waals surface area contributed by atoms with Crippen molar-refractivity contribution in [2.24, 2.45) is 5.73 Å². The van der Waals surface area contributed by atoms with Crippen molar-refractivity contribution in [1.82, 2.24) is 0 Å². The highest BCUT2D eigenvalue weighted by Crippen LogP contribution is 2.37. The number of carbonyl (C=O) groups is 1. The SMILES string of the molecule is NC/C=C1\c2ccccc2COc2ccc(CC(=O)O)cc21. The van der Waals surface area contributed by atoms with Gasteiger partial charge in [0.05, 0.1) is 6.42 Å². The monoisotopic (exact) mass is 295 g/mol. The van der Waals surface area contributed by atoms with E-state index in [1.165, 1.54) is 0 Å². The van der Waals surface area contributed by atoms with Gasteiger partial charge in [0.1, 0.15) is 12.4 Å². The average Bonchev–Trinajstić information content (AvgIpc) is 2.65. The molecule has 2 aromatic carbocycles. The van der Waals surface area contributed by atoms with Crippen LogP contribution in [0.4, 0.5) is 0 Å². The maximum Gasteiger partial charge on any atom is 0.307 e. The van der Waals surface area contributed by atoms with Gasteiger partial charge in [0.2, 0.25) is 0 Å². The fourth-order valence-corrected chi connectivity index (χ4v) is 2.75. The van der Waals surface area contributed by atoms with Crippen LogP contribution in [0.3, 0.4) is 0 Å². The molecule has 0 saturated carbocycles. The van der Waals surface area contributed by atoms with Gasteiger partial charge in [-0.25, -0.2) is 0 Å². The van der Waals surface area contributed by atoms with Gasteiger partial charge in [-0.3, -0.25) is 4.79 Å². The first-order valence-corrected chi connectivity index (χ1v) is 7.15. The van der Waals surface area contributed by atoms with Crippen LogP contribution in [0.15, 0.2) is 48.5 Å². The molecule has 1 aliphatic rings. The molecule has 0 saturated heterocycles. The lowest BCUT2D eigenvalue weighted by atomic mass is 9.92. The number of carboxylic acids is 1. The first-order chi connectivity index (χ1) is 10.7. The largest absolute Gasteiger partial charge is 0.488 e. The van der Waals surface area contributed by atoms with Gasteiger partial charge in [0, 0.05) is 12.1 Å². The van der Waals surface area contributed by atoms with Gasteiger partial charge in [-0.15, -0.1) is 0 Å². The highest BCUT2D eigenvalue weighted by atomic mass is 16.5. The predicted octanol–water partition coefficient (Wildman–Crippen LogP) is 2.60. The van der Waals surface area contributed by atoms with Crippen LogP contribution in [0, 0.1) is 0 Å². The second kappa shape index (κ2) is 6.03. The number of aliphatic carboxylic acids is 1. The summed E-state index contributed by atoms with van der Waals surface area (Å²) < 4.78 is 5.88. The van der Waals surface area contributed by atoms with E-state index < -0.39 is 5.97 Å². The molecule has 0 atom stereocenters. The lowest BCUT2D eigenvalue weighted by Crippen LogP contribution is -2.02. The summed E-state index contributed by atoms with van der Waals surface area (Å²) in [6.45, 7) is 0.898. The Labute approximate surface area is 128 Å². The van der Waals surface area contributed by atoms with Crippen molar-refractivity contribution in [2.45, 2.75) is 13.0 Å². The van der Waals surface area contributed by atoms with E-state index in [0.29, 0.717) is 13.2 Å². The summed E-state index contributed by atoms with van der Waals surface area (Å²) in [5, 5.41) is 8.99. The Bertz CT molecular complexity index is 750. The molecule has 0 fully saturated rings.